The lowest BCUT2D eigenvalue weighted by Gasteiger charge is -2.07. The summed E-state index contributed by atoms with van der Waals surface area (Å²) in [4.78, 5) is 23.7. The number of aliphatic carboxylic acids is 1. The van der Waals surface area contributed by atoms with E-state index in [-0.39, 0.29) is 5.70 Å². The molecule has 0 radical (unpaired) electrons. The van der Waals surface area contributed by atoms with Crippen LogP contribution < -0.4 is 5.32 Å². The van der Waals surface area contributed by atoms with Crippen molar-refractivity contribution in [3.05, 3.63) is 101 Å². The Morgan fingerprint density at radius 2 is 1.48 bits per heavy atom. The first-order valence-electron chi connectivity index (χ1n) is 8.21. The molecule has 0 saturated carbocycles. The summed E-state index contributed by atoms with van der Waals surface area (Å²) in [5, 5.41) is 12.5. The molecule has 4 nitrogen and oxygen atoms in total. The van der Waals surface area contributed by atoms with E-state index in [0.717, 1.165) is 11.1 Å². The number of carbonyl (C=O) groups is 2. The van der Waals surface area contributed by atoms with Gasteiger partial charge in [0.2, 0.25) is 0 Å². The Bertz CT molecular complexity index is 996. The van der Waals surface area contributed by atoms with Gasteiger partial charge in [0.25, 0.3) is 5.91 Å². The van der Waals surface area contributed by atoms with Gasteiger partial charge in [-0.15, -0.1) is 0 Å². The molecular formula is C22H16ClNO3. The van der Waals surface area contributed by atoms with E-state index in [1.54, 1.807) is 42.5 Å². The first kappa shape index (κ1) is 18.4. The SMILES string of the molecule is O=C(O)/C(=C/c1ccc(-c2ccccc2Cl)cc1)NC(=O)c1ccccc1. The third-order valence-corrected chi connectivity index (χ3v) is 4.25. The summed E-state index contributed by atoms with van der Waals surface area (Å²) in [6.45, 7) is 0. The molecule has 134 valence electrons. The number of hydrogen-bond acceptors (Lipinski definition) is 2. The highest BCUT2D eigenvalue weighted by Crippen LogP contribution is 2.27. The highest BCUT2D eigenvalue weighted by atomic mass is 35.5. The molecule has 0 heterocycles. The average molecular weight is 378 g/mol. The highest BCUT2D eigenvalue weighted by Gasteiger charge is 2.13. The van der Waals surface area contributed by atoms with E-state index < -0.39 is 11.9 Å². The largest absolute Gasteiger partial charge is 0.477 e. The van der Waals surface area contributed by atoms with Crippen LogP contribution in [0.5, 0.6) is 0 Å². The Hall–Kier alpha value is -3.37. The number of carboxylic acid groups (broad SMARTS) is 1. The smallest absolute Gasteiger partial charge is 0.352 e. The predicted molar refractivity (Wildman–Crippen MR) is 106 cm³/mol. The van der Waals surface area contributed by atoms with Crippen LogP contribution in [0, 0.1) is 0 Å². The minimum Gasteiger partial charge on any atom is -0.477 e. The second-order valence-electron chi connectivity index (χ2n) is 5.79. The van der Waals surface area contributed by atoms with E-state index in [1.165, 1.54) is 6.08 Å². The van der Waals surface area contributed by atoms with Gasteiger partial charge in [-0.1, -0.05) is 72.3 Å². The highest BCUT2D eigenvalue weighted by molar-refractivity contribution is 6.33. The molecule has 0 fully saturated rings. The lowest BCUT2D eigenvalue weighted by molar-refractivity contribution is -0.132. The van der Waals surface area contributed by atoms with Crippen LogP contribution in [0.2, 0.25) is 5.02 Å². The summed E-state index contributed by atoms with van der Waals surface area (Å²) in [5.41, 5.74) is 2.65. The fourth-order valence-electron chi connectivity index (χ4n) is 2.56. The first-order valence-corrected chi connectivity index (χ1v) is 8.59. The molecular weight excluding hydrogens is 362 g/mol. The minimum atomic E-state index is -1.21. The quantitative estimate of drug-likeness (QED) is 0.624. The minimum absolute atomic E-state index is 0.200. The van der Waals surface area contributed by atoms with Crippen LogP contribution in [0.3, 0.4) is 0 Å². The molecule has 0 unspecified atom stereocenters. The van der Waals surface area contributed by atoms with Crippen molar-refractivity contribution in [1.29, 1.82) is 0 Å². The molecule has 27 heavy (non-hydrogen) atoms. The Labute approximate surface area is 161 Å². The zero-order valence-electron chi connectivity index (χ0n) is 14.2. The van der Waals surface area contributed by atoms with Crippen molar-refractivity contribution < 1.29 is 14.7 Å². The van der Waals surface area contributed by atoms with Gasteiger partial charge < -0.3 is 10.4 Å². The average Bonchev–Trinajstić information content (AvgIpc) is 2.69. The van der Waals surface area contributed by atoms with Crippen molar-refractivity contribution >= 4 is 29.6 Å². The van der Waals surface area contributed by atoms with E-state index in [2.05, 4.69) is 5.32 Å². The molecule has 0 atom stereocenters. The van der Waals surface area contributed by atoms with E-state index in [4.69, 9.17) is 11.6 Å². The third-order valence-electron chi connectivity index (χ3n) is 3.92. The molecule has 3 aromatic rings. The standard InChI is InChI=1S/C22H16ClNO3/c23-19-9-5-4-8-18(19)16-12-10-15(11-13-16)14-20(22(26)27)24-21(25)17-6-2-1-3-7-17/h1-14H,(H,24,25)(H,26,27)/b20-14-. The Kier molecular flexibility index (Phi) is 5.69. The van der Waals surface area contributed by atoms with Crippen molar-refractivity contribution in [1.82, 2.24) is 5.32 Å². The molecule has 0 spiro atoms. The second-order valence-corrected chi connectivity index (χ2v) is 6.19. The summed E-state index contributed by atoms with van der Waals surface area (Å²) >= 11 is 6.20. The summed E-state index contributed by atoms with van der Waals surface area (Å²) in [7, 11) is 0. The summed E-state index contributed by atoms with van der Waals surface area (Å²) in [6.07, 6.45) is 1.42. The number of amides is 1. The maximum absolute atomic E-state index is 12.2. The van der Waals surface area contributed by atoms with Gasteiger partial charge in [-0.25, -0.2) is 4.79 Å². The van der Waals surface area contributed by atoms with Crippen molar-refractivity contribution in [2.45, 2.75) is 0 Å². The number of nitrogens with one attached hydrogen (secondary N) is 1. The van der Waals surface area contributed by atoms with E-state index in [1.807, 2.05) is 36.4 Å². The zero-order valence-corrected chi connectivity index (χ0v) is 15.0. The van der Waals surface area contributed by atoms with Crippen molar-refractivity contribution in [3.63, 3.8) is 0 Å². The van der Waals surface area contributed by atoms with Gasteiger partial charge in [-0.2, -0.15) is 0 Å². The van der Waals surface area contributed by atoms with Gasteiger partial charge in [0.1, 0.15) is 5.70 Å². The number of carboxylic acids is 1. The van der Waals surface area contributed by atoms with Gasteiger partial charge in [-0.3, -0.25) is 4.79 Å². The summed E-state index contributed by atoms with van der Waals surface area (Å²) < 4.78 is 0. The Morgan fingerprint density at radius 3 is 2.11 bits per heavy atom. The summed E-state index contributed by atoms with van der Waals surface area (Å²) in [5.74, 6) is -1.69. The predicted octanol–water partition coefficient (Wildman–Crippen LogP) is 4.86. The van der Waals surface area contributed by atoms with Crippen LogP contribution in [-0.2, 0) is 4.79 Å². The molecule has 0 aliphatic rings. The molecule has 0 aromatic heterocycles. The third kappa shape index (κ3) is 4.63. The second kappa shape index (κ2) is 8.34. The van der Waals surface area contributed by atoms with Gasteiger partial charge in [0.15, 0.2) is 0 Å². The molecule has 3 aromatic carbocycles. The zero-order chi connectivity index (χ0) is 19.2. The molecule has 5 heteroatoms. The molecule has 0 aliphatic heterocycles. The molecule has 0 saturated heterocycles. The van der Waals surface area contributed by atoms with Gasteiger partial charge in [-0.05, 0) is 35.4 Å². The fourth-order valence-corrected chi connectivity index (χ4v) is 2.80. The van der Waals surface area contributed by atoms with Crippen LogP contribution in [0.1, 0.15) is 15.9 Å². The Balaban J connectivity index is 1.83. The van der Waals surface area contributed by atoms with Gasteiger partial charge >= 0.3 is 5.97 Å². The topological polar surface area (TPSA) is 66.4 Å². The van der Waals surface area contributed by atoms with Crippen LogP contribution in [0.15, 0.2) is 84.6 Å². The lowest BCUT2D eigenvalue weighted by atomic mass is 10.0. The van der Waals surface area contributed by atoms with Crippen LogP contribution in [-0.4, -0.2) is 17.0 Å². The first-order chi connectivity index (χ1) is 13.0. The maximum Gasteiger partial charge on any atom is 0.352 e. The number of benzene rings is 3. The lowest BCUT2D eigenvalue weighted by Crippen LogP contribution is -2.27. The van der Waals surface area contributed by atoms with E-state index >= 15 is 0 Å². The fraction of sp³-hybridized carbons (Fsp3) is 0. The molecule has 0 bridgehead atoms. The summed E-state index contributed by atoms with van der Waals surface area (Å²) in [6, 6.07) is 23.2. The molecule has 2 N–H and O–H groups in total. The molecule has 1 amide bonds. The molecule has 0 aliphatic carbocycles. The van der Waals surface area contributed by atoms with E-state index in [9.17, 15) is 14.7 Å². The van der Waals surface area contributed by atoms with Gasteiger partial charge in [0, 0.05) is 16.1 Å². The normalized spacial score (nSPS) is 11.1. The van der Waals surface area contributed by atoms with Crippen LogP contribution in [0.25, 0.3) is 17.2 Å². The number of hydrogen-bond donors (Lipinski definition) is 2. The van der Waals surface area contributed by atoms with Crippen LogP contribution >= 0.6 is 11.6 Å². The maximum atomic E-state index is 12.2. The van der Waals surface area contributed by atoms with Gasteiger partial charge in [0.05, 0.1) is 0 Å². The van der Waals surface area contributed by atoms with Crippen molar-refractivity contribution in [2.24, 2.45) is 0 Å². The van der Waals surface area contributed by atoms with Crippen LogP contribution in [0.4, 0.5) is 0 Å². The van der Waals surface area contributed by atoms with Crippen molar-refractivity contribution in [3.8, 4) is 11.1 Å². The Morgan fingerprint density at radius 1 is 0.852 bits per heavy atom. The van der Waals surface area contributed by atoms with Crippen molar-refractivity contribution in [2.75, 3.05) is 0 Å². The molecule has 3 rings (SSSR count). The number of rotatable bonds is 5. The number of halogens is 1. The monoisotopic (exact) mass is 377 g/mol. The van der Waals surface area contributed by atoms with E-state index in [0.29, 0.717) is 16.1 Å². The number of carbonyl (C=O) groups excluding carboxylic acids is 1.